The molecule has 5 nitrogen and oxygen atoms in total. The van der Waals surface area contributed by atoms with Crippen molar-refractivity contribution >= 4 is 49.3 Å². The Balaban J connectivity index is 1.85. The SMILES string of the molecule is CC(=O)N1C[C@@H](C)Sc2ccc(S(=O)(=O)NCc3ccc(Br)cc3)cc21. The molecule has 0 aliphatic carbocycles. The Morgan fingerprint density at radius 3 is 2.62 bits per heavy atom. The molecular formula is C18H19BrN2O3S2. The van der Waals surface area contributed by atoms with Crippen LogP contribution in [0.25, 0.3) is 0 Å². The largest absolute Gasteiger partial charge is 0.310 e. The van der Waals surface area contributed by atoms with Crippen molar-refractivity contribution in [2.45, 2.75) is 35.4 Å². The number of carbonyl (C=O) groups is 1. The summed E-state index contributed by atoms with van der Waals surface area (Å²) in [5.74, 6) is -0.0873. The molecule has 0 spiro atoms. The first-order valence-corrected chi connectivity index (χ1v) is 11.2. The lowest BCUT2D eigenvalue weighted by Crippen LogP contribution is -2.37. The summed E-state index contributed by atoms with van der Waals surface area (Å²) < 4.78 is 28.9. The van der Waals surface area contributed by atoms with Crippen molar-refractivity contribution in [2.75, 3.05) is 11.4 Å². The predicted molar refractivity (Wildman–Crippen MR) is 108 cm³/mol. The molecule has 0 radical (unpaired) electrons. The minimum Gasteiger partial charge on any atom is -0.310 e. The van der Waals surface area contributed by atoms with Crippen LogP contribution in [0.15, 0.2) is 56.7 Å². The van der Waals surface area contributed by atoms with Crippen molar-refractivity contribution in [3.63, 3.8) is 0 Å². The number of benzene rings is 2. The molecule has 0 unspecified atom stereocenters. The van der Waals surface area contributed by atoms with E-state index in [1.54, 1.807) is 34.9 Å². The van der Waals surface area contributed by atoms with E-state index in [4.69, 9.17) is 0 Å². The van der Waals surface area contributed by atoms with Crippen LogP contribution in [0.3, 0.4) is 0 Å². The minimum atomic E-state index is -3.67. The minimum absolute atomic E-state index is 0.0873. The maximum absolute atomic E-state index is 12.7. The molecule has 1 aliphatic heterocycles. The fraction of sp³-hybridized carbons (Fsp3) is 0.278. The second-order valence-electron chi connectivity index (χ2n) is 6.14. The van der Waals surface area contributed by atoms with Gasteiger partial charge < -0.3 is 4.90 Å². The molecular weight excluding hydrogens is 436 g/mol. The maximum Gasteiger partial charge on any atom is 0.240 e. The zero-order chi connectivity index (χ0) is 18.9. The maximum atomic E-state index is 12.7. The van der Waals surface area contributed by atoms with E-state index in [0.29, 0.717) is 12.2 Å². The number of carbonyl (C=O) groups excluding carboxylic acids is 1. The van der Waals surface area contributed by atoms with Gasteiger partial charge in [-0.25, -0.2) is 13.1 Å². The first kappa shape index (κ1) is 19.4. The topological polar surface area (TPSA) is 66.5 Å². The second kappa shape index (κ2) is 7.72. The molecule has 3 rings (SSSR count). The highest BCUT2D eigenvalue weighted by molar-refractivity contribution is 9.10. The number of sulfonamides is 1. The van der Waals surface area contributed by atoms with E-state index in [-0.39, 0.29) is 22.6 Å². The molecule has 1 atom stereocenters. The van der Waals surface area contributed by atoms with E-state index < -0.39 is 10.0 Å². The van der Waals surface area contributed by atoms with E-state index in [9.17, 15) is 13.2 Å². The Kier molecular flexibility index (Phi) is 5.76. The Labute approximate surface area is 166 Å². The molecule has 1 aliphatic rings. The van der Waals surface area contributed by atoms with E-state index in [0.717, 1.165) is 14.9 Å². The van der Waals surface area contributed by atoms with E-state index in [1.165, 1.54) is 6.92 Å². The molecule has 8 heteroatoms. The predicted octanol–water partition coefficient (Wildman–Crippen LogP) is 3.77. The normalized spacial score (nSPS) is 17.0. The molecule has 26 heavy (non-hydrogen) atoms. The third-order valence-corrected chi connectivity index (χ3v) is 7.14. The van der Waals surface area contributed by atoms with Crippen LogP contribution < -0.4 is 9.62 Å². The Morgan fingerprint density at radius 2 is 1.96 bits per heavy atom. The van der Waals surface area contributed by atoms with Gasteiger partial charge in [-0.15, -0.1) is 11.8 Å². The van der Waals surface area contributed by atoms with Crippen molar-refractivity contribution < 1.29 is 13.2 Å². The number of fused-ring (bicyclic) bond motifs is 1. The van der Waals surface area contributed by atoms with Crippen molar-refractivity contribution in [3.05, 3.63) is 52.5 Å². The average molecular weight is 455 g/mol. The van der Waals surface area contributed by atoms with Crippen LogP contribution in [0.1, 0.15) is 19.4 Å². The zero-order valence-electron chi connectivity index (χ0n) is 14.4. The van der Waals surface area contributed by atoms with Crippen LogP contribution in [0, 0.1) is 0 Å². The first-order valence-electron chi connectivity index (χ1n) is 8.09. The lowest BCUT2D eigenvalue weighted by Gasteiger charge is -2.32. The van der Waals surface area contributed by atoms with Gasteiger partial charge in [-0.3, -0.25) is 4.79 Å². The number of thioether (sulfide) groups is 1. The van der Waals surface area contributed by atoms with Crippen LogP contribution in [0.4, 0.5) is 5.69 Å². The van der Waals surface area contributed by atoms with Crippen molar-refractivity contribution in [3.8, 4) is 0 Å². The highest BCUT2D eigenvalue weighted by Crippen LogP contribution is 2.39. The summed E-state index contributed by atoms with van der Waals surface area (Å²) in [4.78, 5) is 14.7. The van der Waals surface area contributed by atoms with Crippen molar-refractivity contribution in [1.29, 1.82) is 0 Å². The number of rotatable bonds is 4. The van der Waals surface area contributed by atoms with Gasteiger partial charge in [0.1, 0.15) is 0 Å². The Morgan fingerprint density at radius 1 is 1.27 bits per heavy atom. The highest BCUT2D eigenvalue weighted by Gasteiger charge is 2.27. The van der Waals surface area contributed by atoms with Gasteiger partial charge in [0.05, 0.1) is 10.6 Å². The van der Waals surface area contributed by atoms with Gasteiger partial charge in [0.25, 0.3) is 0 Å². The van der Waals surface area contributed by atoms with Gasteiger partial charge in [0.2, 0.25) is 15.9 Å². The van der Waals surface area contributed by atoms with Gasteiger partial charge in [0, 0.05) is 34.6 Å². The van der Waals surface area contributed by atoms with E-state index >= 15 is 0 Å². The molecule has 0 bridgehead atoms. The molecule has 0 fully saturated rings. The summed E-state index contributed by atoms with van der Waals surface area (Å²) >= 11 is 5.01. The molecule has 2 aromatic carbocycles. The quantitative estimate of drug-likeness (QED) is 0.762. The molecule has 0 saturated carbocycles. The van der Waals surface area contributed by atoms with E-state index in [2.05, 4.69) is 20.7 Å². The van der Waals surface area contributed by atoms with Crippen LogP contribution in [0.2, 0.25) is 0 Å². The molecule has 0 saturated heterocycles. The van der Waals surface area contributed by atoms with Crippen LogP contribution in [-0.2, 0) is 21.4 Å². The van der Waals surface area contributed by atoms with Gasteiger partial charge in [-0.05, 0) is 35.9 Å². The number of hydrogen-bond acceptors (Lipinski definition) is 4. The van der Waals surface area contributed by atoms with Gasteiger partial charge in [-0.2, -0.15) is 0 Å². The fourth-order valence-electron chi connectivity index (χ4n) is 2.75. The first-order chi connectivity index (χ1) is 12.3. The van der Waals surface area contributed by atoms with Crippen LogP contribution >= 0.6 is 27.7 Å². The highest BCUT2D eigenvalue weighted by atomic mass is 79.9. The van der Waals surface area contributed by atoms with E-state index in [1.807, 2.05) is 31.2 Å². The summed E-state index contributed by atoms with van der Waals surface area (Å²) in [5.41, 5.74) is 1.52. The summed E-state index contributed by atoms with van der Waals surface area (Å²) in [6, 6.07) is 12.4. The third kappa shape index (κ3) is 4.31. The number of amides is 1. The van der Waals surface area contributed by atoms with Crippen molar-refractivity contribution in [1.82, 2.24) is 4.72 Å². The third-order valence-electron chi connectivity index (χ3n) is 4.06. The number of halogens is 1. The second-order valence-corrected chi connectivity index (χ2v) is 10.3. The molecule has 0 aromatic heterocycles. The molecule has 1 amide bonds. The summed E-state index contributed by atoms with van der Waals surface area (Å²) in [6.45, 7) is 4.32. The number of hydrogen-bond donors (Lipinski definition) is 1. The lowest BCUT2D eigenvalue weighted by molar-refractivity contribution is -0.116. The number of nitrogens with one attached hydrogen (secondary N) is 1. The van der Waals surface area contributed by atoms with Gasteiger partial charge in [-0.1, -0.05) is 35.0 Å². The van der Waals surface area contributed by atoms with Crippen molar-refractivity contribution in [2.24, 2.45) is 0 Å². The van der Waals surface area contributed by atoms with Gasteiger partial charge >= 0.3 is 0 Å². The number of anilines is 1. The molecule has 1 heterocycles. The Hall–Kier alpha value is -1.35. The smallest absolute Gasteiger partial charge is 0.240 e. The zero-order valence-corrected chi connectivity index (χ0v) is 17.6. The molecule has 1 N–H and O–H groups in total. The molecule has 138 valence electrons. The van der Waals surface area contributed by atoms with Gasteiger partial charge in [0.15, 0.2) is 0 Å². The average Bonchev–Trinajstić information content (AvgIpc) is 2.60. The fourth-order valence-corrected chi connectivity index (χ4v) is 5.14. The van der Waals surface area contributed by atoms with Crippen LogP contribution in [-0.4, -0.2) is 26.1 Å². The summed E-state index contributed by atoms with van der Waals surface area (Å²) in [7, 11) is -3.67. The lowest BCUT2D eigenvalue weighted by atomic mass is 10.2. The monoisotopic (exact) mass is 454 g/mol. The summed E-state index contributed by atoms with van der Waals surface area (Å²) in [5, 5.41) is 0.268. The standard InChI is InChI=1S/C18H19BrN2O3S2/c1-12-11-21(13(2)22)17-9-16(7-8-18(17)25-12)26(23,24)20-10-14-3-5-15(19)6-4-14/h3-9,12,20H,10-11H2,1-2H3/t12-/m1/s1. The summed E-state index contributed by atoms with van der Waals surface area (Å²) in [6.07, 6.45) is 0. The van der Waals surface area contributed by atoms with Crippen LogP contribution in [0.5, 0.6) is 0 Å². The number of nitrogens with zero attached hydrogens (tertiary/aromatic N) is 1. The molecule has 2 aromatic rings. The Bertz CT molecular complexity index is 930.